The van der Waals surface area contributed by atoms with Crippen molar-refractivity contribution >= 4 is 0 Å². The van der Waals surface area contributed by atoms with E-state index in [4.69, 9.17) is 4.42 Å². The second-order valence-corrected chi connectivity index (χ2v) is 4.87. The van der Waals surface area contributed by atoms with Crippen molar-refractivity contribution in [2.45, 2.75) is 38.8 Å². The van der Waals surface area contributed by atoms with E-state index in [1.165, 1.54) is 6.42 Å². The van der Waals surface area contributed by atoms with Gasteiger partial charge in [0, 0.05) is 18.5 Å². The fourth-order valence-electron chi connectivity index (χ4n) is 2.02. The minimum absolute atomic E-state index is 0.416. The van der Waals surface area contributed by atoms with Gasteiger partial charge in [-0.3, -0.25) is 4.90 Å². The molecule has 0 aliphatic carbocycles. The first-order valence-electron chi connectivity index (χ1n) is 6.02. The summed E-state index contributed by atoms with van der Waals surface area (Å²) in [6, 6.07) is 0.620. The summed E-state index contributed by atoms with van der Waals surface area (Å²) in [4.78, 5) is 6.64. The van der Waals surface area contributed by atoms with Gasteiger partial charge >= 0.3 is 0 Å². The van der Waals surface area contributed by atoms with Gasteiger partial charge in [-0.05, 0) is 20.0 Å². The third kappa shape index (κ3) is 2.62. The maximum Gasteiger partial charge on any atom is 0.208 e. The number of nitrogens with one attached hydrogen (secondary N) is 1. The first-order chi connectivity index (χ1) is 7.66. The van der Waals surface area contributed by atoms with Crippen LogP contribution in [0.2, 0.25) is 0 Å². The van der Waals surface area contributed by atoms with E-state index in [2.05, 4.69) is 36.1 Å². The molecule has 4 nitrogen and oxygen atoms in total. The number of oxazole rings is 1. The Bertz CT molecular complexity index is 329. The van der Waals surface area contributed by atoms with E-state index < -0.39 is 0 Å². The highest BCUT2D eigenvalue weighted by atomic mass is 16.4. The molecule has 0 bridgehead atoms. The minimum atomic E-state index is 0.416. The first kappa shape index (κ1) is 11.6. The summed E-state index contributed by atoms with van der Waals surface area (Å²) >= 11 is 0. The summed E-state index contributed by atoms with van der Waals surface area (Å²) in [5, 5.41) is 3.37. The zero-order chi connectivity index (χ0) is 11.5. The van der Waals surface area contributed by atoms with Gasteiger partial charge in [-0.2, -0.15) is 0 Å². The van der Waals surface area contributed by atoms with Crippen LogP contribution < -0.4 is 5.32 Å². The van der Waals surface area contributed by atoms with E-state index in [0.717, 1.165) is 31.3 Å². The first-order valence-corrected chi connectivity index (χ1v) is 6.02. The second kappa shape index (κ2) is 4.97. The molecule has 1 aromatic heterocycles. The molecule has 0 aromatic carbocycles. The van der Waals surface area contributed by atoms with E-state index in [1.54, 1.807) is 0 Å². The van der Waals surface area contributed by atoms with Crippen LogP contribution in [0.3, 0.4) is 0 Å². The van der Waals surface area contributed by atoms with Crippen LogP contribution >= 0.6 is 0 Å². The number of rotatable bonds is 4. The molecule has 1 aliphatic heterocycles. The van der Waals surface area contributed by atoms with E-state index in [9.17, 15) is 0 Å². The summed E-state index contributed by atoms with van der Waals surface area (Å²) in [5.74, 6) is 2.23. The number of hydrogen-bond donors (Lipinski definition) is 1. The Morgan fingerprint density at radius 3 is 3.00 bits per heavy atom. The molecule has 1 fully saturated rings. The van der Waals surface area contributed by atoms with Gasteiger partial charge in [0.05, 0.1) is 12.7 Å². The smallest absolute Gasteiger partial charge is 0.208 e. The van der Waals surface area contributed by atoms with Crippen molar-refractivity contribution in [3.8, 4) is 0 Å². The van der Waals surface area contributed by atoms with Gasteiger partial charge in [0.15, 0.2) is 0 Å². The van der Waals surface area contributed by atoms with Crippen LogP contribution in [-0.4, -0.2) is 36.1 Å². The molecular formula is C12H21N3O. The third-order valence-electron chi connectivity index (χ3n) is 3.18. The maximum atomic E-state index is 5.70. The molecule has 90 valence electrons. The summed E-state index contributed by atoms with van der Waals surface area (Å²) < 4.78 is 5.70. The molecule has 2 rings (SSSR count). The van der Waals surface area contributed by atoms with E-state index in [1.807, 2.05) is 6.20 Å². The molecule has 0 amide bonds. The van der Waals surface area contributed by atoms with E-state index in [0.29, 0.717) is 12.0 Å². The molecule has 1 saturated heterocycles. The molecule has 0 saturated carbocycles. The van der Waals surface area contributed by atoms with Crippen LogP contribution in [-0.2, 0) is 6.54 Å². The standard InChI is InChI=1S/C12H21N3O/c1-9(2)11-7-14-12(16-11)8-15(3)10-4-5-13-6-10/h7,9-10,13H,4-6,8H2,1-3H3/t10-/m0/s1. The number of nitrogens with zero attached hydrogens (tertiary/aromatic N) is 2. The lowest BCUT2D eigenvalue weighted by atomic mass is 10.2. The number of aromatic nitrogens is 1. The van der Waals surface area contributed by atoms with Crippen LogP contribution in [0.1, 0.15) is 37.8 Å². The minimum Gasteiger partial charge on any atom is -0.444 e. The highest BCUT2D eigenvalue weighted by Gasteiger charge is 2.20. The number of hydrogen-bond acceptors (Lipinski definition) is 4. The molecule has 0 unspecified atom stereocenters. The Kier molecular flexibility index (Phi) is 3.61. The molecule has 1 atom stereocenters. The Labute approximate surface area is 97.0 Å². The molecular weight excluding hydrogens is 202 g/mol. The Hall–Kier alpha value is -0.870. The summed E-state index contributed by atoms with van der Waals surface area (Å²) in [6.07, 6.45) is 3.06. The quantitative estimate of drug-likeness (QED) is 0.841. The van der Waals surface area contributed by atoms with Crippen LogP contribution in [0.15, 0.2) is 10.6 Å². The Morgan fingerprint density at radius 1 is 1.62 bits per heavy atom. The topological polar surface area (TPSA) is 41.3 Å². The average Bonchev–Trinajstić information content (AvgIpc) is 2.87. The van der Waals surface area contributed by atoms with Crippen LogP contribution in [0, 0.1) is 0 Å². The van der Waals surface area contributed by atoms with Crippen LogP contribution in [0.25, 0.3) is 0 Å². The lowest BCUT2D eigenvalue weighted by Gasteiger charge is -2.21. The SMILES string of the molecule is CC(C)c1cnc(CN(C)[C@H]2CCNC2)o1. The average molecular weight is 223 g/mol. The highest BCUT2D eigenvalue weighted by Crippen LogP contribution is 2.17. The summed E-state index contributed by atoms with van der Waals surface area (Å²) in [7, 11) is 2.14. The molecule has 1 aromatic rings. The Balaban J connectivity index is 1.92. The molecule has 0 radical (unpaired) electrons. The monoisotopic (exact) mass is 223 g/mol. The highest BCUT2D eigenvalue weighted by molar-refractivity contribution is 4.99. The summed E-state index contributed by atoms with van der Waals surface area (Å²) in [6.45, 7) is 7.24. The fourth-order valence-corrected chi connectivity index (χ4v) is 2.02. The maximum absolute atomic E-state index is 5.70. The molecule has 1 aliphatic rings. The Morgan fingerprint density at radius 2 is 2.44 bits per heavy atom. The zero-order valence-electron chi connectivity index (χ0n) is 10.4. The molecule has 0 spiro atoms. The van der Waals surface area contributed by atoms with Crippen molar-refractivity contribution in [1.29, 1.82) is 0 Å². The zero-order valence-corrected chi connectivity index (χ0v) is 10.4. The van der Waals surface area contributed by atoms with Gasteiger partial charge < -0.3 is 9.73 Å². The predicted octanol–water partition coefficient (Wildman–Crippen LogP) is 1.59. The third-order valence-corrected chi connectivity index (χ3v) is 3.18. The molecule has 16 heavy (non-hydrogen) atoms. The number of likely N-dealkylation sites (N-methyl/N-ethyl adjacent to an activating group) is 1. The van der Waals surface area contributed by atoms with Gasteiger partial charge in [-0.1, -0.05) is 13.8 Å². The van der Waals surface area contributed by atoms with E-state index >= 15 is 0 Å². The van der Waals surface area contributed by atoms with Gasteiger partial charge in [0.25, 0.3) is 0 Å². The van der Waals surface area contributed by atoms with Gasteiger partial charge in [0.1, 0.15) is 5.76 Å². The lowest BCUT2D eigenvalue weighted by molar-refractivity contribution is 0.222. The summed E-state index contributed by atoms with van der Waals surface area (Å²) in [5.41, 5.74) is 0. The van der Waals surface area contributed by atoms with Crippen molar-refractivity contribution in [2.75, 3.05) is 20.1 Å². The fraction of sp³-hybridized carbons (Fsp3) is 0.750. The molecule has 4 heteroatoms. The van der Waals surface area contributed by atoms with Crippen LogP contribution in [0.5, 0.6) is 0 Å². The normalized spacial score (nSPS) is 21.2. The second-order valence-electron chi connectivity index (χ2n) is 4.87. The van der Waals surface area contributed by atoms with Crippen molar-refractivity contribution in [2.24, 2.45) is 0 Å². The van der Waals surface area contributed by atoms with E-state index in [-0.39, 0.29) is 0 Å². The van der Waals surface area contributed by atoms with Gasteiger partial charge in [-0.25, -0.2) is 4.98 Å². The van der Waals surface area contributed by atoms with Gasteiger partial charge in [0.2, 0.25) is 5.89 Å². The van der Waals surface area contributed by atoms with Crippen molar-refractivity contribution in [3.05, 3.63) is 17.8 Å². The largest absolute Gasteiger partial charge is 0.444 e. The molecule has 2 heterocycles. The molecule has 1 N–H and O–H groups in total. The van der Waals surface area contributed by atoms with Gasteiger partial charge in [-0.15, -0.1) is 0 Å². The van der Waals surface area contributed by atoms with Crippen molar-refractivity contribution in [3.63, 3.8) is 0 Å². The van der Waals surface area contributed by atoms with Crippen molar-refractivity contribution in [1.82, 2.24) is 15.2 Å². The van der Waals surface area contributed by atoms with Crippen LogP contribution in [0.4, 0.5) is 0 Å². The van der Waals surface area contributed by atoms with Crippen molar-refractivity contribution < 1.29 is 4.42 Å². The lowest BCUT2D eigenvalue weighted by Crippen LogP contribution is -2.32. The predicted molar refractivity (Wildman–Crippen MR) is 63.3 cm³/mol.